The van der Waals surface area contributed by atoms with Gasteiger partial charge in [0.2, 0.25) is 0 Å². The Kier molecular flexibility index (Phi) is 5.88. The average Bonchev–Trinajstić information content (AvgIpc) is 2.86. The highest BCUT2D eigenvalue weighted by Crippen LogP contribution is 2.20. The van der Waals surface area contributed by atoms with Gasteiger partial charge in [0, 0.05) is 0 Å². The molecule has 9 nitrogen and oxygen atoms in total. The van der Waals surface area contributed by atoms with E-state index < -0.39 is 24.0 Å². The standard InChI is InChI=1S/C16H12N2O4.CH3NO2/c19-14-12-8-4-5-9-13(12)15(20)18(14)17-16(21)22-10-11-6-2-1-3-7-11;2-1(3)4/h1-9H,10H2,(H,17,21);2H2,(H,3,4). The summed E-state index contributed by atoms with van der Waals surface area (Å²) in [5, 5.41) is 7.86. The van der Waals surface area contributed by atoms with Crippen molar-refractivity contribution >= 4 is 24.0 Å². The van der Waals surface area contributed by atoms with Crippen molar-refractivity contribution in [3.63, 3.8) is 0 Å². The molecule has 2 aromatic rings. The second-order valence-corrected chi connectivity index (χ2v) is 5.00. The van der Waals surface area contributed by atoms with Crippen LogP contribution in [0.15, 0.2) is 54.6 Å². The van der Waals surface area contributed by atoms with Gasteiger partial charge in [-0.05, 0) is 17.7 Å². The number of nitrogens with zero attached hydrogens (tertiary/aromatic N) is 1. The fourth-order valence-electron chi connectivity index (χ4n) is 2.14. The molecule has 0 saturated carbocycles. The third-order valence-electron chi connectivity index (χ3n) is 3.21. The van der Waals surface area contributed by atoms with E-state index in [1.165, 1.54) is 12.1 Å². The van der Waals surface area contributed by atoms with Gasteiger partial charge in [-0.1, -0.05) is 42.5 Å². The van der Waals surface area contributed by atoms with Crippen LogP contribution < -0.4 is 11.2 Å². The van der Waals surface area contributed by atoms with Gasteiger partial charge in [-0.2, -0.15) is 5.01 Å². The number of benzene rings is 2. The van der Waals surface area contributed by atoms with Crippen LogP contribution in [0.4, 0.5) is 9.59 Å². The van der Waals surface area contributed by atoms with Crippen molar-refractivity contribution in [3.05, 3.63) is 71.3 Å². The molecule has 0 saturated heterocycles. The van der Waals surface area contributed by atoms with Crippen molar-refractivity contribution < 1.29 is 29.0 Å². The topological polar surface area (TPSA) is 139 Å². The van der Waals surface area contributed by atoms with Crippen LogP contribution in [0.25, 0.3) is 0 Å². The first-order valence-corrected chi connectivity index (χ1v) is 7.33. The molecule has 0 aliphatic carbocycles. The predicted octanol–water partition coefficient (Wildman–Crippen LogP) is 1.75. The minimum absolute atomic E-state index is 0.0514. The van der Waals surface area contributed by atoms with E-state index in [2.05, 4.69) is 11.2 Å². The third kappa shape index (κ3) is 4.57. The van der Waals surface area contributed by atoms with E-state index in [-0.39, 0.29) is 17.7 Å². The molecule has 0 spiro atoms. The SMILES string of the molecule is NC(=O)O.O=C(NN1C(=O)c2ccccc2C1=O)OCc1ccccc1. The summed E-state index contributed by atoms with van der Waals surface area (Å²) in [6, 6.07) is 15.5. The molecule has 2 aromatic carbocycles. The van der Waals surface area contributed by atoms with E-state index in [9.17, 15) is 14.4 Å². The zero-order valence-electron chi connectivity index (χ0n) is 13.4. The highest BCUT2D eigenvalue weighted by Gasteiger charge is 2.36. The van der Waals surface area contributed by atoms with E-state index in [1.807, 2.05) is 18.2 Å². The zero-order valence-corrected chi connectivity index (χ0v) is 13.4. The summed E-state index contributed by atoms with van der Waals surface area (Å²) in [5.41, 5.74) is 7.52. The Labute approximate surface area is 147 Å². The van der Waals surface area contributed by atoms with Crippen LogP contribution in [0.1, 0.15) is 26.3 Å². The van der Waals surface area contributed by atoms with Gasteiger partial charge in [-0.25, -0.2) is 15.0 Å². The van der Waals surface area contributed by atoms with Crippen LogP contribution >= 0.6 is 0 Å². The number of nitrogens with two attached hydrogens (primary N) is 1. The van der Waals surface area contributed by atoms with Crippen molar-refractivity contribution in [1.29, 1.82) is 0 Å². The average molecular weight is 357 g/mol. The second-order valence-electron chi connectivity index (χ2n) is 5.00. The van der Waals surface area contributed by atoms with Crippen molar-refractivity contribution in [2.75, 3.05) is 0 Å². The van der Waals surface area contributed by atoms with E-state index >= 15 is 0 Å². The van der Waals surface area contributed by atoms with Gasteiger partial charge in [0.15, 0.2) is 0 Å². The van der Waals surface area contributed by atoms with E-state index in [4.69, 9.17) is 14.6 Å². The molecule has 4 N–H and O–H groups in total. The van der Waals surface area contributed by atoms with Crippen LogP contribution in [0.2, 0.25) is 0 Å². The maximum atomic E-state index is 12.1. The quantitative estimate of drug-likeness (QED) is 0.715. The number of rotatable bonds is 3. The molecule has 26 heavy (non-hydrogen) atoms. The molecule has 0 fully saturated rings. The number of primary amides is 1. The normalized spacial score (nSPS) is 11.9. The lowest BCUT2D eigenvalue weighted by Crippen LogP contribution is -2.46. The number of imide groups is 1. The number of carbonyl (C=O) groups excluding carboxylic acids is 3. The summed E-state index contributed by atoms with van der Waals surface area (Å²) in [6.07, 6.45) is -2.20. The molecule has 0 unspecified atom stereocenters. The van der Waals surface area contributed by atoms with Gasteiger partial charge in [-0.3, -0.25) is 9.59 Å². The number of hydrogen-bond acceptors (Lipinski definition) is 5. The first-order chi connectivity index (χ1) is 12.4. The number of hydrogen-bond donors (Lipinski definition) is 3. The first kappa shape index (κ1) is 18.5. The Morgan fingerprint density at radius 3 is 1.92 bits per heavy atom. The number of fused-ring (bicyclic) bond motifs is 1. The largest absolute Gasteiger partial charge is 0.465 e. The number of carbonyl (C=O) groups is 4. The molecule has 1 aliphatic rings. The lowest BCUT2D eigenvalue weighted by atomic mass is 10.1. The minimum atomic E-state index is -1.33. The maximum absolute atomic E-state index is 12.1. The van der Waals surface area contributed by atoms with E-state index in [0.29, 0.717) is 5.01 Å². The van der Waals surface area contributed by atoms with Gasteiger partial charge in [0.1, 0.15) is 6.61 Å². The highest BCUT2D eigenvalue weighted by molar-refractivity contribution is 6.21. The molecular formula is C17H15N3O6. The Balaban J connectivity index is 0.000000552. The van der Waals surface area contributed by atoms with Crippen molar-refractivity contribution in [1.82, 2.24) is 10.4 Å². The number of hydrazine groups is 1. The van der Waals surface area contributed by atoms with Gasteiger partial charge < -0.3 is 15.6 Å². The Bertz CT molecular complexity index is 798. The molecule has 134 valence electrons. The lowest BCUT2D eigenvalue weighted by Gasteiger charge is -2.14. The molecule has 3 rings (SSSR count). The summed E-state index contributed by atoms with van der Waals surface area (Å²) in [7, 11) is 0. The summed E-state index contributed by atoms with van der Waals surface area (Å²) in [4.78, 5) is 44.6. The monoisotopic (exact) mass is 357 g/mol. The molecule has 0 aromatic heterocycles. The number of ether oxygens (including phenoxy) is 1. The third-order valence-corrected chi connectivity index (χ3v) is 3.21. The summed E-state index contributed by atoms with van der Waals surface area (Å²) in [5.74, 6) is -1.14. The number of nitrogens with one attached hydrogen (secondary N) is 1. The second kappa shape index (κ2) is 8.29. The molecule has 0 bridgehead atoms. The summed E-state index contributed by atoms with van der Waals surface area (Å²) >= 11 is 0. The smallest absolute Gasteiger partial charge is 0.426 e. The van der Waals surface area contributed by atoms with Gasteiger partial charge >= 0.3 is 12.2 Å². The molecule has 9 heteroatoms. The van der Waals surface area contributed by atoms with Crippen molar-refractivity contribution in [3.8, 4) is 0 Å². The lowest BCUT2D eigenvalue weighted by molar-refractivity contribution is 0.0521. The molecular weight excluding hydrogens is 342 g/mol. The van der Waals surface area contributed by atoms with Crippen LogP contribution in [0.3, 0.4) is 0 Å². The molecule has 4 amide bonds. The number of carboxylic acid groups (broad SMARTS) is 1. The molecule has 1 heterocycles. The summed E-state index contributed by atoms with van der Waals surface area (Å²) < 4.78 is 4.99. The van der Waals surface area contributed by atoms with Crippen LogP contribution in [0.5, 0.6) is 0 Å². The molecule has 0 radical (unpaired) electrons. The minimum Gasteiger partial charge on any atom is -0.465 e. The molecule has 1 aliphatic heterocycles. The Morgan fingerprint density at radius 2 is 1.42 bits per heavy atom. The van der Waals surface area contributed by atoms with E-state index in [0.717, 1.165) is 5.56 Å². The zero-order chi connectivity index (χ0) is 19.1. The number of amides is 4. The molecule has 0 atom stereocenters. The maximum Gasteiger partial charge on any atom is 0.426 e. The van der Waals surface area contributed by atoms with Crippen molar-refractivity contribution in [2.45, 2.75) is 6.61 Å². The van der Waals surface area contributed by atoms with Crippen LogP contribution in [-0.4, -0.2) is 34.1 Å². The fraction of sp³-hybridized carbons (Fsp3) is 0.0588. The Hall–Kier alpha value is -3.88. The predicted molar refractivity (Wildman–Crippen MR) is 88.9 cm³/mol. The van der Waals surface area contributed by atoms with Crippen LogP contribution in [-0.2, 0) is 11.3 Å². The highest BCUT2D eigenvalue weighted by atomic mass is 16.6. The van der Waals surface area contributed by atoms with Crippen LogP contribution in [0, 0.1) is 0 Å². The Morgan fingerprint density at radius 1 is 0.962 bits per heavy atom. The summed E-state index contributed by atoms with van der Waals surface area (Å²) in [6.45, 7) is 0.0514. The van der Waals surface area contributed by atoms with Gasteiger partial charge in [0.25, 0.3) is 11.8 Å². The van der Waals surface area contributed by atoms with E-state index in [1.54, 1.807) is 24.3 Å². The fourth-order valence-corrected chi connectivity index (χ4v) is 2.14. The van der Waals surface area contributed by atoms with Crippen molar-refractivity contribution in [2.24, 2.45) is 5.73 Å². The first-order valence-electron chi connectivity index (χ1n) is 7.33. The van der Waals surface area contributed by atoms with Gasteiger partial charge in [-0.15, -0.1) is 0 Å². The van der Waals surface area contributed by atoms with Gasteiger partial charge in [0.05, 0.1) is 11.1 Å².